The van der Waals surface area contributed by atoms with Crippen LogP contribution < -0.4 is 0 Å². The number of hydrogen-bond acceptors (Lipinski definition) is 6. The highest BCUT2D eigenvalue weighted by Gasteiger charge is 2.21. The van der Waals surface area contributed by atoms with Gasteiger partial charge in [-0.1, -0.05) is 133 Å². The van der Waals surface area contributed by atoms with Crippen molar-refractivity contribution in [3.8, 4) is 45.3 Å². The van der Waals surface area contributed by atoms with Gasteiger partial charge < -0.3 is 8.83 Å². The predicted molar refractivity (Wildman–Crippen MR) is 227 cm³/mol. The van der Waals surface area contributed by atoms with Crippen molar-refractivity contribution >= 4 is 86.2 Å². The fraction of sp³-hybridized carbons (Fsp3) is 0. The van der Waals surface area contributed by atoms with Crippen LogP contribution in [0.15, 0.2) is 173 Å². The van der Waals surface area contributed by atoms with E-state index >= 15 is 0 Å². The molecule has 0 fully saturated rings. The molecule has 12 aromatic rings. The highest BCUT2D eigenvalue weighted by atomic mass is 32.1. The van der Waals surface area contributed by atoms with Crippen molar-refractivity contribution in [2.45, 2.75) is 0 Å². The monoisotopic (exact) mass is 721 g/mol. The Morgan fingerprint density at radius 1 is 0.382 bits per heavy atom. The lowest BCUT2D eigenvalue weighted by Crippen LogP contribution is -2.01. The van der Waals surface area contributed by atoms with Crippen LogP contribution in [0.5, 0.6) is 0 Å². The van der Waals surface area contributed by atoms with Gasteiger partial charge in [0.25, 0.3) is 0 Å². The van der Waals surface area contributed by atoms with E-state index in [0.717, 1.165) is 82.3 Å². The van der Waals surface area contributed by atoms with Crippen molar-refractivity contribution in [1.29, 1.82) is 0 Å². The number of nitrogens with zero attached hydrogens (tertiary/aromatic N) is 3. The zero-order chi connectivity index (χ0) is 36.0. The number of thiophene rings is 1. The summed E-state index contributed by atoms with van der Waals surface area (Å²) in [6.07, 6.45) is 0. The van der Waals surface area contributed by atoms with E-state index < -0.39 is 0 Å². The minimum Gasteiger partial charge on any atom is -0.456 e. The van der Waals surface area contributed by atoms with Crippen LogP contribution in [0.1, 0.15) is 0 Å². The van der Waals surface area contributed by atoms with E-state index in [1.165, 1.54) is 20.3 Å². The van der Waals surface area contributed by atoms with Gasteiger partial charge in [-0.05, 0) is 46.7 Å². The van der Waals surface area contributed by atoms with Crippen molar-refractivity contribution in [1.82, 2.24) is 15.0 Å². The molecule has 0 radical (unpaired) electrons. The third-order valence-electron chi connectivity index (χ3n) is 10.8. The molecule has 0 atom stereocenters. The molecule has 0 unspecified atom stereocenters. The Morgan fingerprint density at radius 2 is 0.982 bits per heavy atom. The minimum atomic E-state index is 0.596. The first-order valence-electron chi connectivity index (χ1n) is 18.3. The summed E-state index contributed by atoms with van der Waals surface area (Å²) in [6.45, 7) is 0. The molecule has 6 heteroatoms. The van der Waals surface area contributed by atoms with Crippen molar-refractivity contribution in [2.24, 2.45) is 0 Å². The predicted octanol–water partition coefficient (Wildman–Crippen LogP) is 13.9. The molecule has 4 heterocycles. The van der Waals surface area contributed by atoms with Gasteiger partial charge in [-0.15, -0.1) is 11.3 Å². The summed E-state index contributed by atoms with van der Waals surface area (Å²) < 4.78 is 15.3. The van der Waals surface area contributed by atoms with Crippen LogP contribution in [0.2, 0.25) is 0 Å². The summed E-state index contributed by atoms with van der Waals surface area (Å²) in [6, 6.07) is 56.7. The van der Waals surface area contributed by atoms with Crippen molar-refractivity contribution in [3.63, 3.8) is 0 Å². The number of fused-ring (bicyclic) bond motifs is 11. The van der Waals surface area contributed by atoms with Crippen molar-refractivity contribution in [3.05, 3.63) is 164 Å². The lowest BCUT2D eigenvalue weighted by molar-refractivity contribution is 0.669. The fourth-order valence-corrected chi connectivity index (χ4v) is 9.44. The van der Waals surface area contributed by atoms with Gasteiger partial charge in [0.2, 0.25) is 0 Å². The maximum absolute atomic E-state index is 6.55. The van der Waals surface area contributed by atoms with E-state index in [-0.39, 0.29) is 0 Å². The summed E-state index contributed by atoms with van der Waals surface area (Å²) in [5, 5.41) is 8.85. The average molecular weight is 722 g/mol. The second-order valence-electron chi connectivity index (χ2n) is 13.9. The maximum Gasteiger partial charge on any atom is 0.164 e. The van der Waals surface area contributed by atoms with Crippen LogP contribution in [0, 0.1) is 0 Å². The van der Waals surface area contributed by atoms with Gasteiger partial charge in [-0.25, -0.2) is 15.0 Å². The Balaban J connectivity index is 1.07. The van der Waals surface area contributed by atoms with Gasteiger partial charge in [-0.2, -0.15) is 0 Å². The molecule has 0 saturated heterocycles. The Morgan fingerprint density at radius 3 is 1.84 bits per heavy atom. The first-order chi connectivity index (χ1) is 27.2. The van der Waals surface area contributed by atoms with Crippen LogP contribution in [-0.4, -0.2) is 15.0 Å². The quantitative estimate of drug-likeness (QED) is 0.181. The van der Waals surface area contributed by atoms with E-state index in [1.807, 2.05) is 47.7 Å². The normalized spacial score (nSPS) is 12.0. The van der Waals surface area contributed by atoms with E-state index in [0.29, 0.717) is 17.5 Å². The van der Waals surface area contributed by atoms with Crippen LogP contribution in [0.3, 0.4) is 0 Å². The lowest BCUT2D eigenvalue weighted by Gasteiger charge is -2.11. The molecule has 0 aliphatic carbocycles. The van der Waals surface area contributed by atoms with Crippen LogP contribution in [0.25, 0.3) is 120 Å². The molecule has 55 heavy (non-hydrogen) atoms. The third kappa shape index (κ3) is 4.62. The van der Waals surface area contributed by atoms with Gasteiger partial charge >= 0.3 is 0 Å². The number of benzene rings is 8. The molecule has 256 valence electrons. The summed E-state index contributed by atoms with van der Waals surface area (Å²) in [7, 11) is 0. The number of rotatable bonds is 4. The SMILES string of the molecule is c1ccc2c(-c3nc(-c4ccc(-c5cc6c7ccccc7oc6c6c5sc5ccccc56)cc4)nc(-c4cccc5oc6ccccc6c45)n3)cccc2c1. The molecule has 0 saturated carbocycles. The van der Waals surface area contributed by atoms with Gasteiger partial charge in [0, 0.05) is 64.0 Å². The first-order valence-corrected chi connectivity index (χ1v) is 19.1. The molecule has 0 N–H and O–H groups in total. The molecule has 0 amide bonds. The second-order valence-corrected chi connectivity index (χ2v) is 14.9. The molecule has 12 rings (SSSR count). The summed E-state index contributed by atoms with van der Waals surface area (Å²) in [5.41, 5.74) is 8.51. The van der Waals surface area contributed by atoms with E-state index in [9.17, 15) is 0 Å². The molecule has 5 nitrogen and oxygen atoms in total. The number of furan rings is 2. The third-order valence-corrected chi connectivity index (χ3v) is 12.0. The molecule has 8 aromatic carbocycles. The van der Waals surface area contributed by atoms with Crippen LogP contribution in [0.4, 0.5) is 0 Å². The molecular formula is C49H27N3O2S. The Labute approximate surface area is 317 Å². The van der Waals surface area contributed by atoms with Crippen LogP contribution >= 0.6 is 11.3 Å². The molecule has 0 aliphatic heterocycles. The lowest BCUT2D eigenvalue weighted by atomic mass is 9.98. The van der Waals surface area contributed by atoms with E-state index in [1.54, 1.807) is 0 Å². The number of aromatic nitrogens is 3. The van der Waals surface area contributed by atoms with E-state index in [2.05, 4.69) is 127 Å². The van der Waals surface area contributed by atoms with Crippen LogP contribution in [-0.2, 0) is 0 Å². The maximum atomic E-state index is 6.55. The highest BCUT2D eigenvalue weighted by Crippen LogP contribution is 2.47. The minimum absolute atomic E-state index is 0.596. The second kappa shape index (κ2) is 11.7. The standard InChI is InChI=1S/C49H27N3O2S/c1-2-13-31-28(11-1)12-9-17-33(31)48-50-47(51-49(52-48)36-18-10-21-41-43(36)34-15-4-7-20-40(34)53-41)30-25-23-29(24-26-30)37-27-38-32-14-3-6-19-39(32)54-45(38)44-35-16-5-8-22-42(35)55-46(37)44/h1-27H. The fourth-order valence-electron chi connectivity index (χ4n) is 8.21. The Hall–Kier alpha value is -7.15. The van der Waals surface area contributed by atoms with Crippen molar-refractivity contribution in [2.75, 3.05) is 0 Å². The first kappa shape index (κ1) is 30.3. The van der Waals surface area contributed by atoms with Crippen molar-refractivity contribution < 1.29 is 8.83 Å². The highest BCUT2D eigenvalue weighted by molar-refractivity contribution is 7.26. The van der Waals surface area contributed by atoms with Gasteiger partial charge in [0.1, 0.15) is 22.3 Å². The molecule has 0 aliphatic rings. The zero-order valence-corrected chi connectivity index (χ0v) is 30.0. The number of para-hydroxylation sites is 2. The zero-order valence-electron chi connectivity index (χ0n) is 29.2. The van der Waals surface area contributed by atoms with E-state index in [4.69, 9.17) is 23.8 Å². The molecular weight excluding hydrogens is 695 g/mol. The summed E-state index contributed by atoms with van der Waals surface area (Å²) in [4.78, 5) is 15.5. The summed E-state index contributed by atoms with van der Waals surface area (Å²) in [5.74, 6) is 1.82. The summed E-state index contributed by atoms with van der Waals surface area (Å²) >= 11 is 1.81. The van der Waals surface area contributed by atoms with Gasteiger partial charge in [0.05, 0.1) is 0 Å². The molecule has 4 aromatic heterocycles. The van der Waals surface area contributed by atoms with Gasteiger partial charge in [0.15, 0.2) is 17.5 Å². The Kier molecular flexibility index (Phi) is 6.44. The van der Waals surface area contributed by atoms with Gasteiger partial charge in [-0.3, -0.25) is 0 Å². The topological polar surface area (TPSA) is 65.0 Å². The molecule has 0 spiro atoms. The smallest absolute Gasteiger partial charge is 0.164 e. The largest absolute Gasteiger partial charge is 0.456 e. The number of hydrogen-bond donors (Lipinski definition) is 0. The average Bonchev–Trinajstić information content (AvgIpc) is 3.94. The molecule has 0 bridgehead atoms. The Bertz CT molecular complexity index is 3500.